The highest BCUT2D eigenvalue weighted by Crippen LogP contribution is 2.18. The Balaban J connectivity index is 1.71. The molecule has 2 aromatic rings. The second-order valence-electron chi connectivity index (χ2n) is 6.58. The number of nitrogens with one attached hydrogen (secondary N) is 1. The number of rotatable bonds is 6. The Bertz CT molecular complexity index is 834. The molecule has 0 unspecified atom stereocenters. The molecule has 3 rings (SSSR count). The number of sulfone groups is 1. The fourth-order valence-corrected chi connectivity index (χ4v) is 4.77. The topological polar surface area (TPSA) is 75.6 Å². The van der Waals surface area contributed by atoms with Crippen molar-refractivity contribution in [1.82, 2.24) is 5.43 Å². The van der Waals surface area contributed by atoms with Crippen LogP contribution in [0.5, 0.6) is 0 Å². The monoisotopic (exact) mass is 370 g/mol. The van der Waals surface area contributed by atoms with Crippen molar-refractivity contribution in [3.8, 4) is 0 Å². The highest BCUT2D eigenvalue weighted by atomic mass is 32.2. The van der Waals surface area contributed by atoms with Gasteiger partial charge in [-0.1, -0.05) is 60.7 Å². The number of hydrazone groups is 1. The van der Waals surface area contributed by atoms with Crippen molar-refractivity contribution in [1.29, 1.82) is 0 Å². The van der Waals surface area contributed by atoms with Crippen LogP contribution in [0.25, 0.3) is 0 Å². The van der Waals surface area contributed by atoms with Gasteiger partial charge in [-0.05, 0) is 17.5 Å². The van der Waals surface area contributed by atoms with Crippen LogP contribution >= 0.6 is 0 Å². The lowest BCUT2D eigenvalue weighted by atomic mass is 10.0. The highest BCUT2D eigenvalue weighted by molar-refractivity contribution is 7.91. The van der Waals surface area contributed by atoms with Crippen molar-refractivity contribution >= 4 is 21.5 Å². The van der Waals surface area contributed by atoms with E-state index in [4.69, 9.17) is 0 Å². The first-order valence-corrected chi connectivity index (χ1v) is 10.5. The van der Waals surface area contributed by atoms with Crippen molar-refractivity contribution in [3.05, 3.63) is 71.8 Å². The molecule has 136 valence electrons. The average molecular weight is 370 g/mol. The van der Waals surface area contributed by atoms with Gasteiger partial charge >= 0.3 is 0 Å². The fourth-order valence-electron chi connectivity index (χ4n) is 3.03. The summed E-state index contributed by atoms with van der Waals surface area (Å²) in [7, 11) is -3.09. The number of hydrogen-bond acceptors (Lipinski definition) is 4. The normalized spacial score (nSPS) is 18.2. The Morgan fingerprint density at radius 2 is 1.50 bits per heavy atom. The van der Waals surface area contributed by atoms with E-state index >= 15 is 0 Å². The predicted molar refractivity (Wildman–Crippen MR) is 103 cm³/mol. The summed E-state index contributed by atoms with van der Waals surface area (Å²) >= 11 is 0. The van der Waals surface area contributed by atoms with E-state index in [0.29, 0.717) is 19.3 Å². The molecule has 2 aromatic carbocycles. The van der Waals surface area contributed by atoms with Gasteiger partial charge in [0.15, 0.2) is 9.84 Å². The van der Waals surface area contributed by atoms with E-state index in [-0.39, 0.29) is 17.4 Å². The summed E-state index contributed by atoms with van der Waals surface area (Å²) in [4.78, 5) is 12.3. The molecule has 0 saturated carbocycles. The zero-order valence-electron chi connectivity index (χ0n) is 14.5. The van der Waals surface area contributed by atoms with Crippen LogP contribution in [0.1, 0.15) is 17.5 Å². The molecule has 0 radical (unpaired) electrons. The summed E-state index contributed by atoms with van der Waals surface area (Å²) in [6, 6.07) is 19.9. The molecular formula is C20H22N2O3S. The first-order chi connectivity index (χ1) is 12.5. The standard InChI is InChI=1S/C20H22N2O3S/c23-20(18-11-12-26(24,25)15-18)22-21-19(13-16-7-3-1-4-8-16)14-17-9-5-2-6-10-17/h1-10,18H,11-15H2,(H,22,23)/t18-/m0/s1. The first kappa shape index (κ1) is 18.3. The molecule has 1 atom stereocenters. The molecular weight excluding hydrogens is 348 g/mol. The van der Waals surface area contributed by atoms with E-state index in [9.17, 15) is 13.2 Å². The Morgan fingerprint density at radius 3 is 1.96 bits per heavy atom. The van der Waals surface area contributed by atoms with E-state index in [1.807, 2.05) is 60.7 Å². The summed E-state index contributed by atoms with van der Waals surface area (Å²) in [6.07, 6.45) is 1.62. The second kappa shape index (κ2) is 8.27. The number of carbonyl (C=O) groups excluding carboxylic acids is 1. The molecule has 0 spiro atoms. The van der Waals surface area contributed by atoms with E-state index in [2.05, 4.69) is 10.5 Å². The van der Waals surface area contributed by atoms with Crippen molar-refractivity contribution in [2.45, 2.75) is 19.3 Å². The van der Waals surface area contributed by atoms with Crippen LogP contribution in [-0.2, 0) is 27.5 Å². The van der Waals surface area contributed by atoms with Crippen LogP contribution in [-0.4, -0.2) is 31.5 Å². The molecule has 6 heteroatoms. The minimum Gasteiger partial charge on any atom is -0.273 e. The van der Waals surface area contributed by atoms with Crippen LogP contribution in [0.15, 0.2) is 65.8 Å². The number of carbonyl (C=O) groups is 1. The number of amides is 1. The Labute approximate surface area is 154 Å². The van der Waals surface area contributed by atoms with Gasteiger partial charge in [-0.25, -0.2) is 13.8 Å². The maximum Gasteiger partial charge on any atom is 0.244 e. The van der Waals surface area contributed by atoms with Crippen molar-refractivity contribution in [2.75, 3.05) is 11.5 Å². The van der Waals surface area contributed by atoms with Crippen LogP contribution in [0.2, 0.25) is 0 Å². The fraction of sp³-hybridized carbons (Fsp3) is 0.300. The number of nitrogens with zero attached hydrogens (tertiary/aromatic N) is 1. The van der Waals surface area contributed by atoms with Gasteiger partial charge in [0.1, 0.15) is 0 Å². The van der Waals surface area contributed by atoms with Crippen molar-refractivity contribution in [2.24, 2.45) is 11.0 Å². The molecule has 0 aliphatic carbocycles. The first-order valence-electron chi connectivity index (χ1n) is 8.65. The van der Waals surface area contributed by atoms with Crippen molar-refractivity contribution in [3.63, 3.8) is 0 Å². The lowest BCUT2D eigenvalue weighted by molar-refractivity contribution is -0.124. The van der Waals surface area contributed by atoms with E-state index < -0.39 is 15.8 Å². The maximum absolute atomic E-state index is 12.3. The van der Waals surface area contributed by atoms with Gasteiger partial charge < -0.3 is 0 Å². The van der Waals surface area contributed by atoms with E-state index in [0.717, 1.165) is 16.8 Å². The Hall–Kier alpha value is -2.47. The van der Waals surface area contributed by atoms with Crippen molar-refractivity contribution < 1.29 is 13.2 Å². The number of benzene rings is 2. The smallest absolute Gasteiger partial charge is 0.244 e. The predicted octanol–water partition coefficient (Wildman–Crippen LogP) is 2.38. The van der Waals surface area contributed by atoms with Gasteiger partial charge in [0.05, 0.1) is 17.4 Å². The van der Waals surface area contributed by atoms with Gasteiger partial charge in [-0.2, -0.15) is 5.10 Å². The Morgan fingerprint density at radius 1 is 0.962 bits per heavy atom. The SMILES string of the molecule is O=C(NN=C(Cc1ccccc1)Cc1ccccc1)[C@H]1CCS(=O)(=O)C1. The van der Waals surface area contributed by atoms with Crippen LogP contribution < -0.4 is 5.43 Å². The summed E-state index contributed by atoms with van der Waals surface area (Å²) in [5, 5.41) is 4.33. The van der Waals surface area contributed by atoms with E-state index in [1.165, 1.54) is 0 Å². The van der Waals surface area contributed by atoms with E-state index in [1.54, 1.807) is 0 Å². The molecule has 1 fully saturated rings. The quantitative estimate of drug-likeness (QED) is 0.627. The van der Waals surface area contributed by atoms with Gasteiger partial charge in [0, 0.05) is 18.6 Å². The lowest BCUT2D eigenvalue weighted by Gasteiger charge is -2.10. The minimum atomic E-state index is -3.09. The third-order valence-electron chi connectivity index (χ3n) is 4.43. The Kier molecular flexibility index (Phi) is 5.83. The molecule has 1 aliphatic rings. The largest absolute Gasteiger partial charge is 0.273 e. The molecule has 1 N–H and O–H groups in total. The average Bonchev–Trinajstić information content (AvgIpc) is 3.01. The van der Waals surface area contributed by atoms with Crippen LogP contribution in [0, 0.1) is 5.92 Å². The zero-order chi connectivity index (χ0) is 18.4. The van der Waals surface area contributed by atoms with Crippen LogP contribution in [0.4, 0.5) is 0 Å². The zero-order valence-corrected chi connectivity index (χ0v) is 15.3. The van der Waals surface area contributed by atoms with Gasteiger partial charge in [0.25, 0.3) is 0 Å². The summed E-state index contributed by atoms with van der Waals surface area (Å²) < 4.78 is 23.1. The molecule has 26 heavy (non-hydrogen) atoms. The molecule has 1 saturated heterocycles. The third-order valence-corrected chi connectivity index (χ3v) is 6.20. The molecule has 1 heterocycles. The second-order valence-corrected chi connectivity index (χ2v) is 8.81. The molecule has 1 amide bonds. The number of hydrogen-bond donors (Lipinski definition) is 1. The van der Waals surface area contributed by atoms with Gasteiger partial charge in [0.2, 0.25) is 5.91 Å². The minimum absolute atomic E-state index is 0.0791. The summed E-state index contributed by atoms with van der Waals surface area (Å²) in [5.41, 5.74) is 5.64. The molecule has 5 nitrogen and oxygen atoms in total. The molecule has 0 aromatic heterocycles. The molecule has 1 aliphatic heterocycles. The maximum atomic E-state index is 12.3. The summed E-state index contributed by atoms with van der Waals surface area (Å²) in [6.45, 7) is 0. The lowest BCUT2D eigenvalue weighted by Crippen LogP contribution is -2.29. The van der Waals surface area contributed by atoms with Crippen LogP contribution in [0.3, 0.4) is 0 Å². The summed E-state index contributed by atoms with van der Waals surface area (Å²) in [5.74, 6) is -0.820. The highest BCUT2D eigenvalue weighted by Gasteiger charge is 2.32. The molecule has 0 bridgehead atoms. The van der Waals surface area contributed by atoms with Gasteiger partial charge in [-0.3, -0.25) is 4.79 Å². The van der Waals surface area contributed by atoms with Gasteiger partial charge in [-0.15, -0.1) is 0 Å². The third kappa shape index (κ3) is 5.26.